The summed E-state index contributed by atoms with van der Waals surface area (Å²) in [5.41, 5.74) is -1.12. The van der Waals surface area contributed by atoms with E-state index in [4.69, 9.17) is 27.9 Å². The van der Waals surface area contributed by atoms with Crippen LogP contribution in [0.25, 0.3) is 11.3 Å². The molecule has 2 aromatic carbocycles. The second kappa shape index (κ2) is 9.79. The third-order valence-corrected chi connectivity index (χ3v) is 7.25. The van der Waals surface area contributed by atoms with Gasteiger partial charge < -0.3 is 20.1 Å². The fourth-order valence-electron chi connectivity index (χ4n) is 3.44. The van der Waals surface area contributed by atoms with Gasteiger partial charge in [0.1, 0.15) is 35.5 Å². The molecule has 4 rings (SSSR count). The van der Waals surface area contributed by atoms with Crippen molar-refractivity contribution in [2.24, 2.45) is 0 Å². The molecule has 0 radical (unpaired) electrons. The number of nitrogens with zero attached hydrogens (tertiary/aromatic N) is 3. The molecule has 1 aromatic heterocycles. The lowest BCUT2D eigenvalue weighted by atomic mass is 9.97. The van der Waals surface area contributed by atoms with Gasteiger partial charge in [0, 0.05) is 10.5 Å². The van der Waals surface area contributed by atoms with Crippen molar-refractivity contribution in [3.05, 3.63) is 64.0 Å². The summed E-state index contributed by atoms with van der Waals surface area (Å²) in [7, 11) is 0. The van der Waals surface area contributed by atoms with Gasteiger partial charge >= 0.3 is 0 Å². The molecule has 1 aliphatic rings. The average Bonchev–Trinajstić information content (AvgIpc) is 3.26. The smallest absolute Gasteiger partial charge is 0.194 e. The number of hydrogen-bond acceptors (Lipinski definition) is 7. The van der Waals surface area contributed by atoms with Gasteiger partial charge in [-0.1, -0.05) is 46.2 Å². The quantitative estimate of drug-likeness (QED) is 0.442. The zero-order valence-corrected chi connectivity index (χ0v) is 18.8. The van der Waals surface area contributed by atoms with E-state index in [0.717, 1.165) is 28.6 Å². The number of aromatic nitrogens is 3. The number of thioether (sulfide) groups is 1. The molecule has 1 saturated heterocycles. The van der Waals surface area contributed by atoms with E-state index in [2.05, 4.69) is 10.3 Å². The molecule has 0 saturated carbocycles. The van der Waals surface area contributed by atoms with Crippen LogP contribution in [0.2, 0.25) is 10.0 Å². The molecule has 4 unspecified atom stereocenters. The molecule has 3 aromatic rings. The molecular formula is C20H16Cl2F3N3O4S. The van der Waals surface area contributed by atoms with Crippen molar-refractivity contribution in [3.63, 3.8) is 0 Å². The molecule has 1 fully saturated rings. The third kappa shape index (κ3) is 4.72. The van der Waals surface area contributed by atoms with Gasteiger partial charge in [-0.3, -0.25) is 0 Å². The fourth-order valence-corrected chi connectivity index (χ4v) is 5.05. The largest absolute Gasteiger partial charge is 0.394 e. The van der Waals surface area contributed by atoms with Gasteiger partial charge in [0.2, 0.25) is 0 Å². The van der Waals surface area contributed by atoms with Crippen LogP contribution in [0.5, 0.6) is 0 Å². The highest BCUT2D eigenvalue weighted by molar-refractivity contribution is 8.00. The Morgan fingerprint density at radius 2 is 1.79 bits per heavy atom. The first-order valence-corrected chi connectivity index (χ1v) is 11.1. The van der Waals surface area contributed by atoms with E-state index in [1.807, 2.05) is 0 Å². The minimum atomic E-state index is -1.62. The Kier molecular flexibility index (Phi) is 7.20. The Morgan fingerprint density at radius 1 is 1.09 bits per heavy atom. The minimum absolute atomic E-state index is 0.0265. The SMILES string of the molecule is OCC1OC(Sc2cccc(Cl)c2Cl)[C@@H](O)C(n2cc(-c3cc(F)c(F)c(F)c3)nn2)C1O. The van der Waals surface area contributed by atoms with Crippen molar-refractivity contribution in [2.75, 3.05) is 6.61 Å². The molecule has 0 amide bonds. The second-order valence-corrected chi connectivity index (χ2v) is 9.13. The van der Waals surface area contributed by atoms with E-state index < -0.39 is 53.8 Å². The summed E-state index contributed by atoms with van der Waals surface area (Å²) in [5.74, 6) is -4.42. The van der Waals surface area contributed by atoms with E-state index in [1.54, 1.807) is 18.2 Å². The first-order chi connectivity index (χ1) is 15.7. The lowest BCUT2D eigenvalue weighted by Gasteiger charge is -2.41. The zero-order valence-electron chi connectivity index (χ0n) is 16.4. The maximum Gasteiger partial charge on any atom is 0.194 e. The third-order valence-electron chi connectivity index (χ3n) is 5.10. The van der Waals surface area contributed by atoms with E-state index in [9.17, 15) is 28.5 Å². The monoisotopic (exact) mass is 521 g/mol. The molecule has 0 spiro atoms. The van der Waals surface area contributed by atoms with Crippen LogP contribution in [0.15, 0.2) is 41.4 Å². The maximum absolute atomic E-state index is 13.6. The summed E-state index contributed by atoms with van der Waals surface area (Å²) in [6.45, 7) is -0.569. The Balaban J connectivity index is 1.65. The van der Waals surface area contributed by atoms with Crippen LogP contribution in [-0.2, 0) is 4.74 Å². The predicted molar refractivity (Wildman–Crippen MR) is 114 cm³/mol. The Hall–Kier alpha value is -1.86. The molecular weight excluding hydrogens is 506 g/mol. The standard InChI is InChI=1S/C20H16Cl2F3N3O4S/c21-9-2-1-3-14(15(9)22)33-20-19(31)17(18(30)13(7-29)32-20)28-6-12(26-27-28)8-4-10(23)16(25)11(24)5-8/h1-6,13,17-20,29-31H,7H2/t13?,17?,18?,19-,20?/m0/s1. The zero-order chi connectivity index (χ0) is 23.9. The van der Waals surface area contributed by atoms with Crippen molar-refractivity contribution in [2.45, 2.75) is 34.7 Å². The summed E-state index contributed by atoms with van der Waals surface area (Å²) in [6.07, 6.45) is -2.65. The lowest BCUT2D eigenvalue weighted by molar-refractivity contribution is -0.178. The highest BCUT2D eigenvalue weighted by Crippen LogP contribution is 2.41. The van der Waals surface area contributed by atoms with E-state index >= 15 is 0 Å². The number of benzene rings is 2. The molecule has 33 heavy (non-hydrogen) atoms. The number of aliphatic hydroxyl groups excluding tert-OH is 3. The number of aliphatic hydroxyl groups is 3. The van der Waals surface area contributed by atoms with Gasteiger partial charge in [-0.25, -0.2) is 17.9 Å². The van der Waals surface area contributed by atoms with Crippen molar-refractivity contribution < 1.29 is 33.2 Å². The summed E-state index contributed by atoms with van der Waals surface area (Å²) in [6, 6.07) is 5.26. The number of ether oxygens (including phenoxy) is 1. The van der Waals surface area contributed by atoms with Crippen LogP contribution in [0.1, 0.15) is 6.04 Å². The van der Waals surface area contributed by atoms with Crippen LogP contribution in [0.3, 0.4) is 0 Å². The van der Waals surface area contributed by atoms with Gasteiger partial charge in [0.25, 0.3) is 0 Å². The molecule has 176 valence electrons. The average molecular weight is 522 g/mol. The molecule has 0 aliphatic carbocycles. The van der Waals surface area contributed by atoms with Gasteiger partial charge in [-0.15, -0.1) is 5.10 Å². The van der Waals surface area contributed by atoms with Crippen molar-refractivity contribution in [1.82, 2.24) is 15.0 Å². The molecule has 7 nitrogen and oxygen atoms in total. The summed E-state index contributed by atoms with van der Waals surface area (Å²) in [5, 5.41) is 39.5. The molecule has 2 heterocycles. The van der Waals surface area contributed by atoms with Gasteiger partial charge in [0.15, 0.2) is 17.5 Å². The van der Waals surface area contributed by atoms with E-state index in [1.165, 1.54) is 6.20 Å². The lowest BCUT2D eigenvalue weighted by Crippen LogP contribution is -2.55. The number of halogens is 5. The fraction of sp³-hybridized carbons (Fsp3) is 0.300. The molecule has 3 N–H and O–H groups in total. The highest BCUT2D eigenvalue weighted by atomic mass is 35.5. The van der Waals surface area contributed by atoms with Gasteiger partial charge in [-0.05, 0) is 24.3 Å². The first kappa shape index (κ1) is 24.3. The van der Waals surface area contributed by atoms with Crippen LogP contribution in [0.4, 0.5) is 13.2 Å². The van der Waals surface area contributed by atoms with Crippen LogP contribution in [0, 0.1) is 17.5 Å². The van der Waals surface area contributed by atoms with Crippen molar-refractivity contribution in [1.29, 1.82) is 0 Å². The van der Waals surface area contributed by atoms with Gasteiger partial charge in [0.05, 0.1) is 22.8 Å². The van der Waals surface area contributed by atoms with Crippen LogP contribution < -0.4 is 0 Å². The Morgan fingerprint density at radius 3 is 2.45 bits per heavy atom. The maximum atomic E-state index is 13.6. The Labute approximate surface area is 199 Å². The van der Waals surface area contributed by atoms with E-state index in [0.29, 0.717) is 9.92 Å². The normalized spacial score (nSPS) is 25.4. The summed E-state index contributed by atoms with van der Waals surface area (Å²) in [4.78, 5) is 0.497. The predicted octanol–water partition coefficient (Wildman–Crippen LogP) is 3.44. The summed E-state index contributed by atoms with van der Waals surface area (Å²) < 4.78 is 47.2. The van der Waals surface area contributed by atoms with Crippen molar-refractivity contribution >= 4 is 35.0 Å². The summed E-state index contributed by atoms with van der Waals surface area (Å²) >= 11 is 13.3. The van der Waals surface area contributed by atoms with Crippen LogP contribution >= 0.6 is 35.0 Å². The van der Waals surface area contributed by atoms with Crippen molar-refractivity contribution in [3.8, 4) is 11.3 Å². The van der Waals surface area contributed by atoms with Gasteiger partial charge in [-0.2, -0.15) is 0 Å². The second-order valence-electron chi connectivity index (χ2n) is 7.20. The molecule has 1 aliphatic heterocycles. The molecule has 5 atom stereocenters. The topological polar surface area (TPSA) is 101 Å². The Bertz CT molecular complexity index is 1150. The number of hydrogen-bond donors (Lipinski definition) is 3. The number of rotatable bonds is 5. The first-order valence-electron chi connectivity index (χ1n) is 9.51. The highest BCUT2D eigenvalue weighted by Gasteiger charge is 2.46. The van der Waals surface area contributed by atoms with E-state index in [-0.39, 0.29) is 16.3 Å². The van der Waals surface area contributed by atoms with Crippen LogP contribution in [-0.4, -0.2) is 60.7 Å². The minimum Gasteiger partial charge on any atom is -0.394 e. The molecule has 13 heteroatoms. The molecule has 0 bridgehead atoms.